The van der Waals surface area contributed by atoms with Gasteiger partial charge in [0.15, 0.2) is 5.75 Å². The summed E-state index contributed by atoms with van der Waals surface area (Å²) in [5.41, 5.74) is -1.19. The molecule has 0 aliphatic rings. The summed E-state index contributed by atoms with van der Waals surface area (Å²) in [5.74, 6) is -0.616. The summed E-state index contributed by atoms with van der Waals surface area (Å²) in [6, 6.07) is 2.46. The molecule has 0 spiro atoms. The van der Waals surface area contributed by atoms with Crippen LogP contribution in [0.2, 0.25) is 0 Å². The zero-order chi connectivity index (χ0) is 10.0. The number of halogens is 2. The molecule has 4 nitrogen and oxygen atoms in total. The highest BCUT2D eigenvalue weighted by molar-refractivity contribution is 5.47. The lowest BCUT2D eigenvalue weighted by atomic mass is 10.2. The Morgan fingerprint density at radius 3 is 2.54 bits per heavy atom. The summed E-state index contributed by atoms with van der Waals surface area (Å²) >= 11 is 0. The van der Waals surface area contributed by atoms with Gasteiger partial charge in [0.2, 0.25) is 0 Å². The third-order valence-corrected chi connectivity index (χ3v) is 1.45. The van der Waals surface area contributed by atoms with Gasteiger partial charge in [-0.15, -0.1) is 0 Å². The van der Waals surface area contributed by atoms with E-state index in [1.165, 1.54) is 0 Å². The predicted octanol–water partition coefficient (Wildman–Crippen LogP) is 2.24. The molecule has 0 aliphatic heterocycles. The van der Waals surface area contributed by atoms with Crippen LogP contribution in [-0.4, -0.2) is 10.0 Å². The van der Waals surface area contributed by atoms with Crippen LogP contribution in [0.15, 0.2) is 18.2 Å². The van der Waals surface area contributed by atoms with Crippen LogP contribution in [0.25, 0.3) is 0 Å². The van der Waals surface area contributed by atoms with E-state index in [1.54, 1.807) is 0 Å². The first-order valence-electron chi connectivity index (χ1n) is 3.28. The van der Waals surface area contributed by atoms with Crippen LogP contribution in [0.1, 0.15) is 12.0 Å². The topological polar surface area (TPSA) is 63.4 Å². The van der Waals surface area contributed by atoms with E-state index in [-0.39, 0.29) is 0 Å². The molecule has 0 unspecified atom stereocenters. The van der Waals surface area contributed by atoms with Crippen LogP contribution in [0, 0.1) is 10.1 Å². The van der Waals surface area contributed by atoms with Crippen molar-refractivity contribution in [3.63, 3.8) is 0 Å². The van der Waals surface area contributed by atoms with E-state index >= 15 is 0 Å². The lowest BCUT2D eigenvalue weighted by Gasteiger charge is -1.99. The molecule has 1 aromatic rings. The highest BCUT2D eigenvalue weighted by atomic mass is 19.3. The molecule has 70 valence electrons. The average molecular weight is 189 g/mol. The van der Waals surface area contributed by atoms with Crippen molar-refractivity contribution in [2.45, 2.75) is 6.43 Å². The Bertz CT molecular complexity index is 341. The van der Waals surface area contributed by atoms with Gasteiger partial charge in [-0.25, -0.2) is 8.78 Å². The molecular formula is C7H5F2NO3. The zero-order valence-corrected chi connectivity index (χ0v) is 6.28. The maximum absolute atomic E-state index is 12.0. The number of rotatable bonds is 2. The van der Waals surface area contributed by atoms with Gasteiger partial charge in [-0.3, -0.25) is 10.1 Å². The van der Waals surface area contributed by atoms with Gasteiger partial charge in [0.1, 0.15) is 0 Å². The number of alkyl halides is 2. The molecule has 0 fully saturated rings. The van der Waals surface area contributed by atoms with Crippen LogP contribution in [0.3, 0.4) is 0 Å². The highest BCUT2D eigenvalue weighted by Gasteiger charge is 2.17. The Hall–Kier alpha value is -1.72. The number of phenols is 1. The molecule has 0 saturated carbocycles. The summed E-state index contributed by atoms with van der Waals surface area (Å²) in [4.78, 5) is 9.28. The Balaban J connectivity index is 3.19. The number of aromatic hydroxyl groups is 1. The second-order valence-electron chi connectivity index (χ2n) is 2.31. The van der Waals surface area contributed by atoms with Crippen molar-refractivity contribution in [3.8, 4) is 5.75 Å². The van der Waals surface area contributed by atoms with Crippen molar-refractivity contribution in [2.24, 2.45) is 0 Å². The summed E-state index contributed by atoms with van der Waals surface area (Å²) in [7, 11) is 0. The first kappa shape index (κ1) is 9.37. The highest BCUT2D eigenvalue weighted by Crippen LogP contribution is 2.30. The fourth-order valence-corrected chi connectivity index (χ4v) is 0.822. The molecule has 0 bridgehead atoms. The van der Waals surface area contributed by atoms with Crippen molar-refractivity contribution >= 4 is 5.69 Å². The summed E-state index contributed by atoms with van der Waals surface area (Å²) in [6.07, 6.45) is -2.78. The van der Waals surface area contributed by atoms with E-state index in [2.05, 4.69) is 0 Å². The SMILES string of the molecule is O=[N+]([O-])c1cc(C(F)F)ccc1O. The summed E-state index contributed by atoms with van der Waals surface area (Å²) < 4.78 is 24.1. The minimum atomic E-state index is -2.78. The Kier molecular flexibility index (Phi) is 2.41. The molecule has 1 N–H and O–H groups in total. The lowest BCUT2D eigenvalue weighted by molar-refractivity contribution is -0.386. The number of nitrogens with zero attached hydrogens (tertiary/aromatic N) is 1. The van der Waals surface area contributed by atoms with Gasteiger partial charge in [-0.05, 0) is 12.1 Å². The van der Waals surface area contributed by atoms with Crippen molar-refractivity contribution in [1.82, 2.24) is 0 Å². The minimum absolute atomic E-state index is 0.482. The molecule has 6 heteroatoms. The molecule has 0 aliphatic carbocycles. The normalized spacial score (nSPS) is 10.4. The summed E-state index contributed by atoms with van der Waals surface area (Å²) in [5, 5.41) is 19.1. The lowest BCUT2D eigenvalue weighted by Crippen LogP contribution is -1.91. The van der Waals surface area contributed by atoms with Crippen molar-refractivity contribution in [2.75, 3.05) is 0 Å². The quantitative estimate of drug-likeness (QED) is 0.573. The van der Waals surface area contributed by atoms with Gasteiger partial charge in [-0.1, -0.05) is 0 Å². The monoisotopic (exact) mass is 189 g/mol. The Morgan fingerprint density at radius 1 is 1.46 bits per heavy atom. The first-order chi connectivity index (χ1) is 6.02. The van der Waals surface area contributed by atoms with E-state index in [0.717, 1.165) is 12.1 Å². The molecule has 0 aromatic heterocycles. The van der Waals surface area contributed by atoms with Gasteiger partial charge < -0.3 is 5.11 Å². The van der Waals surface area contributed by atoms with Crippen LogP contribution >= 0.6 is 0 Å². The van der Waals surface area contributed by atoms with Crippen LogP contribution in [0.5, 0.6) is 5.75 Å². The second-order valence-corrected chi connectivity index (χ2v) is 2.31. The van der Waals surface area contributed by atoms with E-state index < -0.39 is 28.3 Å². The summed E-state index contributed by atoms with van der Waals surface area (Å²) in [6.45, 7) is 0. The van der Waals surface area contributed by atoms with Gasteiger partial charge in [0, 0.05) is 11.6 Å². The van der Waals surface area contributed by atoms with Crippen molar-refractivity contribution in [1.29, 1.82) is 0 Å². The van der Waals surface area contributed by atoms with Crippen LogP contribution < -0.4 is 0 Å². The largest absolute Gasteiger partial charge is 0.502 e. The molecule has 0 amide bonds. The number of nitro benzene ring substituents is 1. The molecule has 0 radical (unpaired) electrons. The van der Waals surface area contributed by atoms with Gasteiger partial charge in [0.05, 0.1) is 4.92 Å². The Morgan fingerprint density at radius 2 is 2.08 bits per heavy atom. The zero-order valence-electron chi connectivity index (χ0n) is 6.28. The van der Waals surface area contributed by atoms with Crippen molar-refractivity contribution in [3.05, 3.63) is 33.9 Å². The first-order valence-corrected chi connectivity index (χ1v) is 3.28. The smallest absolute Gasteiger partial charge is 0.311 e. The van der Waals surface area contributed by atoms with Gasteiger partial charge >= 0.3 is 5.69 Å². The average Bonchev–Trinajstić information content (AvgIpc) is 2.04. The second kappa shape index (κ2) is 3.34. The predicted molar refractivity (Wildman–Crippen MR) is 39.7 cm³/mol. The van der Waals surface area contributed by atoms with E-state index in [0.29, 0.717) is 6.07 Å². The van der Waals surface area contributed by atoms with Gasteiger partial charge in [0.25, 0.3) is 6.43 Å². The van der Waals surface area contributed by atoms with Crippen LogP contribution in [-0.2, 0) is 0 Å². The number of hydrogen-bond acceptors (Lipinski definition) is 3. The molecule has 13 heavy (non-hydrogen) atoms. The van der Waals surface area contributed by atoms with E-state index in [9.17, 15) is 18.9 Å². The number of nitro groups is 1. The molecule has 0 heterocycles. The molecule has 0 saturated heterocycles. The number of hydrogen-bond donors (Lipinski definition) is 1. The third-order valence-electron chi connectivity index (χ3n) is 1.45. The minimum Gasteiger partial charge on any atom is -0.502 e. The molecular weight excluding hydrogens is 184 g/mol. The van der Waals surface area contributed by atoms with Crippen LogP contribution in [0.4, 0.5) is 14.5 Å². The number of benzene rings is 1. The molecule has 1 aromatic carbocycles. The van der Waals surface area contributed by atoms with E-state index in [4.69, 9.17) is 5.11 Å². The fourth-order valence-electron chi connectivity index (χ4n) is 0.822. The molecule has 0 atom stereocenters. The Labute approximate surface area is 71.6 Å². The van der Waals surface area contributed by atoms with Gasteiger partial charge in [-0.2, -0.15) is 0 Å². The standard InChI is InChI=1S/C7H5F2NO3/c8-7(9)4-1-2-6(11)5(3-4)10(12)13/h1-3,7,11H. The molecule has 1 rings (SSSR count). The maximum Gasteiger partial charge on any atom is 0.311 e. The third kappa shape index (κ3) is 1.90. The van der Waals surface area contributed by atoms with E-state index in [1.807, 2.05) is 0 Å². The van der Waals surface area contributed by atoms with Crippen molar-refractivity contribution < 1.29 is 18.8 Å². The fraction of sp³-hybridized carbons (Fsp3) is 0.143. The number of phenolic OH excluding ortho intramolecular Hbond substituents is 1. The maximum atomic E-state index is 12.0.